The Hall–Kier alpha value is -0.653. The van der Waals surface area contributed by atoms with Crippen molar-refractivity contribution in [3.63, 3.8) is 0 Å². The minimum Gasteiger partial charge on any atom is -0.546 e. The molecule has 1 amide bonds. The van der Waals surface area contributed by atoms with Crippen LogP contribution in [-0.4, -0.2) is 144 Å². The summed E-state index contributed by atoms with van der Waals surface area (Å²) in [5.74, 6) is -1.45. The number of unbranched alkanes of at least 4 members (excludes halogenated alkanes) is 1. The van der Waals surface area contributed by atoms with Gasteiger partial charge in [0.05, 0.1) is 77.7 Å². The van der Waals surface area contributed by atoms with Crippen molar-refractivity contribution < 1.29 is 130 Å². The Labute approximate surface area is 496 Å². The monoisotopic (exact) mass is 1160 g/mol. The van der Waals surface area contributed by atoms with Gasteiger partial charge in [0.1, 0.15) is 6.61 Å². The second-order valence-corrected chi connectivity index (χ2v) is 34.5. The molecule has 0 aliphatic rings. The van der Waals surface area contributed by atoms with Crippen LogP contribution in [0.4, 0.5) is 0 Å². The van der Waals surface area contributed by atoms with Gasteiger partial charge in [0, 0.05) is 40.2 Å². The molecule has 0 saturated carbocycles. The molecular formula is C51H106KNO17SSi3. The summed E-state index contributed by atoms with van der Waals surface area (Å²) in [4.78, 5) is 57.5. The largest absolute Gasteiger partial charge is 1.00 e. The molecule has 1 atom stereocenters. The zero-order valence-electron chi connectivity index (χ0n) is 50.7. The average Bonchev–Trinajstić information content (AvgIpc) is 3.32. The molecule has 0 spiro atoms. The fourth-order valence-corrected chi connectivity index (χ4v) is 16.8. The zero-order chi connectivity index (χ0) is 57.6. The summed E-state index contributed by atoms with van der Waals surface area (Å²) in [5, 5.41) is 0. The number of nitrogens with zero attached hydrogens (tertiary/aromatic N) is 1. The molecule has 74 heavy (non-hydrogen) atoms. The fourth-order valence-electron chi connectivity index (χ4n) is 5.64. The Balaban J connectivity index is -0.000000287. The molecule has 18 nitrogen and oxygen atoms in total. The van der Waals surface area contributed by atoms with E-state index in [4.69, 9.17) is 45.8 Å². The van der Waals surface area contributed by atoms with E-state index in [-0.39, 0.29) is 106 Å². The van der Waals surface area contributed by atoms with Gasteiger partial charge in [-0.15, -0.1) is 0 Å². The molecule has 0 N–H and O–H groups in total. The van der Waals surface area contributed by atoms with Gasteiger partial charge in [-0.05, 0) is 138 Å². The summed E-state index contributed by atoms with van der Waals surface area (Å²) in [5.41, 5.74) is -1.32. The summed E-state index contributed by atoms with van der Waals surface area (Å²) < 4.78 is 77.7. The quantitative estimate of drug-likeness (QED) is 0.0250. The van der Waals surface area contributed by atoms with Crippen LogP contribution in [0.3, 0.4) is 0 Å². The molecule has 23 heteroatoms. The minimum atomic E-state index is -3.64. The van der Waals surface area contributed by atoms with Crippen LogP contribution in [0.2, 0.25) is 44.3 Å². The van der Waals surface area contributed by atoms with Crippen LogP contribution < -0.4 is 51.4 Å². The molecule has 0 aromatic heterocycles. The van der Waals surface area contributed by atoms with Crippen LogP contribution >= 0.6 is 0 Å². The Morgan fingerprint density at radius 2 is 0.919 bits per heavy atom. The molecule has 0 aromatic rings. The van der Waals surface area contributed by atoms with Crippen molar-refractivity contribution in [1.29, 1.82) is 0 Å². The third kappa shape index (κ3) is 44.2. The van der Waals surface area contributed by atoms with Crippen LogP contribution in [0.1, 0.15) is 154 Å². The number of hydrogen-bond acceptors (Lipinski definition) is 17. The van der Waals surface area contributed by atoms with E-state index in [9.17, 15) is 32.4 Å². The van der Waals surface area contributed by atoms with Gasteiger partial charge >= 0.3 is 84.1 Å². The number of sulfonamides is 1. The van der Waals surface area contributed by atoms with Gasteiger partial charge in [-0.2, -0.15) is 0 Å². The Bertz CT molecular complexity index is 1610. The van der Waals surface area contributed by atoms with E-state index >= 15 is 0 Å². The van der Waals surface area contributed by atoms with Gasteiger partial charge in [-0.1, -0.05) is 54.4 Å². The van der Waals surface area contributed by atoms with E-state index in [1.165, 1.54) is 18.9 Å². The molecule has 436 valence electrons. The maximum Gasteiger partial charge on any atom is 1.00 e. The number of carbonyl (C=O) groups is 5. The Kier molecular flexibility index (Phi) is 49.0. The number of ether oxygens (including phenoxy) is 6. The van der Waals surface area contributed by atoms with Crippen molar-refractivity contribution >= 4 is 65.2 Å². The molecular weight excluding hydrogens is 1050 g/mol. The van der Waals surface area contributed by atoms with Crippen LogP contribution in [0.25, 0.3) is 4.72 Å². The SMILES string of the molecule is CCC(C)(C)C(=O)OCCCC(=O)[N-]S(C)(=O)=O.CCC(C)(C)C(=O)OCCC[Si](OC)(OC)OC.CCCC[Si](C)(C)O[Si](C)(C)CCCOC(=O)C(C)(C)CC.CCOCCOCCOC(=O)C(C)CC.[K+]. The molecule has 0 saturated heterocycles. The average molecular weight is 1160 g/mol. The van der Waals surface area contributed by atoms with Gasteiger partial charge in [-0.25, -0.2) is 8.42 Å². The van der Waals surface area contributed by atoms with Crippen molar-refractivity contribution in [1.82, 2.24) is 0 Å². The van der Waals surface area contributed by atoms with Crippen molar-refractivity contribution in [2.45, 2.75) is 199 Å². The molecule has 0 fully saturated rings. The predicted octanol–water partition coefficient (Wildman–Crippen LogP) is 8.06. The number of amides is 1. The maximum atomic E-state index is 11.9. The Morgan fingerprint density at radius 1 is 0.541 bits per heavy atom. The van der Waals surface area contributed by atoms with Gasteiger partial charge < -0.3 is 55.3 Å². The van der Waals surface area contributed by atoms with E-state index < -0.39 is 52.2 Å². The van der Waals surface area contributed by atoms with Crippen LogP contribution in [0, 0.1) is 22.2 Å². The van der Waals surface area contributed by atoms with E-state index in [0.29, 0.717) is 65.1 Å². The third-order valence-electron chi connectivity index (χ3n) is 12.0. The molecule has 0 radical (unpaired) electrons. The third-order valence-corrected chi connectivity index (χ3v) is 22.9. The second-order valence-electron chi connectivity index (χ2n) is 21.0. The summed E-state index contributed by atoms with van der Waals surface area (Å²) in [7, 11) is -4.61. The number of rotatable bonds is 36. The smallest absolute Gasteiger partial charge is 0.546 e. The second kappa shape index (κ2) is 44.1. The first-order chi connectivity index (χ1) is 33.6. The van der Waals surface area contributed by atoms with Crippen molar-refractivity contribution in [2.24, 2.45) is 22.2 Å². The van der Waals surface area contributed by atoms with Crippen molar-refractivity contribution in [3.05, 3.63) is 4.72 Å². The normalized spacial score (nSPS) is 12.4. The number of carbonyl (C=O) groups excluding carboxylic acids is 5. The topological polar surface area (TPSA) is 226 Å². The van der Waals surface area contributed by atoms with Gasteiger partial charge in [0.25, 0.3) is 0 Å². The van der Waals surface area contributed by atoms with E-state index in [2.05, 4.69) is 37.8 Å². The van der Waals surface area contributed by atoms with Crippen LogP contribution in [0.15, 0.2) is 0 Å². The molecule has 0 heterocycles. The molecule has 0 aliphatic carbocycles. The molecule has 0 aromatic carbocycles. The van der Waals surface area contributed by atoms with E-state index in [1.54, 1.807) is 35.2 Å². The molecule has 0 bridgehead atoms. The first kappa shape index (κ1) is 82.2. The first-order valence-corrected chi connectivity index (χ1v) is 36.3. The van der Waals surface area contributed by atoms with Gasteiger partial charge in [0.15, 0.2) is 16.6 Å². The standard InChI is InChI=1S/C17H38O3Si2.C12H26O5Si.C11H21NO5S.C11H22O4.K/c1-9-11-14-21(5,6)20-22(7,8)15-12-13-19-16(18)17(3,4)10-2;1-7-12(2,3)11(13)17-9-8-10-18(14-4,15-5)16-6;1-5-11(2,3)10(14)17-8-6-7-9(13)12-18(4,15)16;1-4-10(3)11(12)15-9-8-14-7-6-13-5-2;/h9-15H2,1-8H3;7-10H2,1-6H3;5-8H2,1-4H3,(H,12,13);10H,4-9H2,1-3H3;/q;;;;+1/p-1. The van der Waals surface area contributed by atoms with Crippen LogP contribution in [0.5, 0.6) is 0 Å². The number of esters is 4. The maximum absolute atomic E-state index is 11.9. The summed E-state index contributed by atoms with van der Waals surface area (Å²) in [6.45, 7) is 37.9. The van der Waals surface area contributed by atoms with Gasteiger partial charge in [-0.3, -0.25) is 19.2 Å². The molecule has 0 rings (SSSR count). The Morgan fingerprint density at radius 3 is 1.28 bits per heavy atom. The fraction of sp³-hybridized carbons (Fsp3) is 0.902. The zero-order valence-corrected chi connectivity index (χ0v) is 57.7. The molecule has 1 unspecified atom stereocenters. The van der Waals surface area contributed by atoms with Crippen molar-refractivity contribution in [2.75, 3.05) is 80.4 Å². The minimum absolute atomic E-state index is 0. The van der Waals surface area contributed by atoms with E-state index in [1.807, 2.05) is 69.2 Å². The van der Waals surface area contributed by atoms with Gasteiger partial charge in [0.2, 0.25) is 0 Å². The van der Waals surface area contributed by atoms with E-state index in [0.717, 1.165) is 38.0 Å². The summed E-state index contributed by atoms with van der Waals surface area (Å²) in [6.07, 6.45) is 8.23. The molecule has 0 aliphatic heterocycles. The van der Waals surface area contributed by atoms with Crippen LogP contribution in [-0.2, 0) is 79.8 Å². The summed E-state index contributed by atoms with van der Waals surface area (Å²) in [6, 6.07) is 2.95. The first-order valence-electron chi connectivity index (χ1n) is 26.3. The predicted molar refractivity (Wildman–Crippen MR) is 297 cm³/mol. The number of hydrogen-bond donors (Lipinski definition) is 0. The van der Waals surface area contributed by atoms with Crippen molar-refractivity contribution in [3.8, 4) is 0 Å². The summed E-state index contributed by atoms with van der Waals surface area (Å²) >= 11 is 0.